The van der Waals surface area contributed by atoms with Gasteiger partial charge in [0.1, 0.15) is 0 Å². The van der Waals surface area contributed by atoms with Crippen molar-refractivity contribution in [2.45, 2.75) is 13.8 Å². The van der Waals surface area contributed by atoms with Crippen molar-refractivity contribution in [3.63, 3.8) is 0 Å². The molecule has 0 aliphatic rings. The van der Waals surface area contributed by atoms with Crippen LogP contribution in [0.15, 0.2) is 17.8 Å². The van der Waals surface area contributed by atoms with Crippen molar-refractivity contribution in [2.75, 3.05) is 13.7 Å². The van der Waals surface area contributed by atoms with Gasteiger partial charge in [0, 0.05) is 13.0 Å². The zero-order valence-corrected chi connectivity index (χ0v) is 11.2. The van der Waals surface area contributed by atoms with Crippen molar-refractivity contribution in [1.82, 2.24) is 0 Å². The molecule has 18 heavy (non-hydrogen) atoms. The van der Waals surface area contributed by atoms with Crippen molar-refractivity contribution < 1.29 is 14.4 Å². The molecule has 6 heteroatoms. The minimum absolute atomic E-state index is 0.0266. The van der Waals surface area contributed by atoms with E-state index in [1.165, 1.54) is 20.1 Å². The summed E-state index contributed by atoms with van der Waals surface area (Å²) in [4.78, 5) is 10.1. The Morgan fingerprint density at radius 1 is 1.56 bits per heavy atom. The van der Waals surface area contributed by atoms with Gasteiger partial charge in [0.05, 0.1) is 23.7 Å². The van der Waals surface area contributed by atoms with Crippen LogP contribution in [0.2, 0.25) is 5.02 Å². The van der Waals surface area contributed by atoms with Gasteiger partial charge in [-0.05, 0) is 24.6 Å². The van der Waals surface area contributed by atoms with E-state index in [0.717, 1.165) is 0 Å². The third kappa shape index (κ3) is 3.37. The smallest absolute Gasteiger partial charge is 0.243 e. The second-order valence-corrected chi connectivity index (χ2v) is 3.92. The number of halogens is 1. The molecular formula is C12H14ClNO4. The van der Waals surface area contributed by atoms with Crippen molar-refractivity contribution in [3.8, 4) is 11.5 Å². The van der Waals surface area contributed by atoms with E-state index >= 15 is 0 Å². The number of rotatable bonds is 5. The largest absolute Gasteiger partial charge is 0.491 e. The number of nitro groups is 1. The minimum Gasteiger partial charge on any atom is -0.491 e. The summed E-state index contributed by atoms with van der Waals surface area (Å²) in [5.74, 6) is 0.893. The molecule has 0 aliphatic heterocycles. The number of methoxy groups -OCH3 is 1. The predicted octanol–water partition coefficient (Wildman–Crippen LogP) is 3.38. The summed E-state index contributed by atoms with van der Waals surface area (Å²) in [6.45, 7) is 3.70. The molecule has 0 bridgehead atoms. The number of benzene rings is 1. The molecule has 0 saturated carbocycles. The highest BCUT2D eigenvalue weighted by atomic mass is 35.5. The molecule has 5 nitrogen and oxygen atoms in total. The Hall–Kier alpha value is -1.75. The Bertz CT molecular complexity index is 485. The van der Waals surface area contributed by atoms with Crippen LogP contribution < -0.4 is 9.47 Å². The fourth-order valence-corrected chi connectivity index (χ4v) is 1.72. The zero-order chi connectivity index (χ0) is 13.7. The third-order valence-electron chi connectivity index (χ3n) is 2.20. The second kappa shape index (κ2) is 6.26. The molecule has 0 aliphatic carbocycles. The van der Waals surface area contributed by atoms with Crippen LogP contribution in [0.5, 0.6) is 11.5 Å². The van der Waals surface area contributed by atoms with Gasteiger partial charge in [-0.3, -0.25) is 10.1 Å². The van der Waals surface area contributed by atoms with Gasteiger partial charge < -0.3 is 9.47 Å². The fraction of sp³-hybridized carbons (Fsp3) is 0.333. The van der Waals surface area contributed by atoms with Gasteiger partial charge in [-0.15, -0.1) is 0 Å². The average molecular weight is 272 g/mol. The van der Waals surface area contributed by atoms with Gasteiger partial charge in [0.25, 0.3) is 0 Å². The molecule has 0 saturated heterocycles. The van der Waals surface area contributed by atoms with Crippen LogP contribution in [-0.4, -0.2) is 18.6 Å². The first kappa shape index (κ1) is 14.3. The summed E-state index contributed by atoms with van der Waals surface area (Å²) >= 11 is 6.03. The number of nitrogens with zero attached hydrogens (tertiary/aromatic N) is 1. The Kier molecular flexibility index (Phi) is 4.97. The molecule has 1 aromatic carbocycles. The van der Waals surface area contributed by atoms with Crippen molar-refractivity contribution in [1.29, 1.82) is 0 Å². The maximum absolute atomic E-state index is 10.6. The molecule has 98 valence electrons. The number of hydrogen-bond acceptors (Lipinski definition) is 4. The van der Waals surface area contributed by atoms with Gasteiger partial charge >= 0.3 is 0 Å². The predicted molar refractivity (Wildman–Crippen MR) is 69.8 cm³/mol. The van der Waals surface area contributed by atoms with Gasteiger partial charge in [-0.25, -0.2) is 0 Å². The highest BCUT2D eigenvalue weighted by Crippen LogP contribution is 2.36. The van der Waals surface area contributed by atoms with Crippen LogP contribution in [0, 0.1) is 10.1 Å². The first-order chi connectivity index (χ1) is 8.49. The standard InChI is InChI=1S/C12H14ClNO4/c1-4-18-11-7-9(5-8(2)14(15)16)6-10(13)12(11)17-3/h5-7H,4H2,1-3H3. The summed E-state index contributed by atoms with van der Waals surface area (Å²) in [6.07, 6.45) is 1.42. The van der Waals surface area contributed by atoms with Crippen LogP contribution >= 0.6 is 11.6 Å². The monoisotopic (exact) mass is 271 g/mol. The van der Waals surface area contributed by atoms with E-state index in [2.05, 4.69) is 0 Å². The van der Waals surface area contributed by atoms with E-state index < -0.39 is 4.92 Å². The van der Waals surface area contributed by atoms with E-state index in [1.54, 1.807) is 12.1 Å². The van der Waals surface area contributed by atoms with E-state index in [1.807, 2.05) is 6.92 Å². The molecule has 0 amide bonds. The van der Waals surface area contributed by atoms with Crippen LogP contribution in [0.3, 0.4) is 0 Å². The third-order valence-corrected chi connectivity index (χ3v) is 2.48. The van der Waals surface area contributed by atoms with E-state index in [9.17, 15) is 10.1 Å². The quantitative estimate of drug-likeness (QED) is 0.608. The molecule has 0 aromatic heterocycles. The lowest BCUT2D eigenvalue weighted by Gasteiger charge is -2.11. The Balaban J connectivity index is 3.24. The Morgan fingerprint density at radius 3 is 2.72 bits per heavy atom. The summed E-state index contributed by atoms with van der Waals surface area (Å²) in [5.41, 5.74) is 0.622. The molecular weight excluding hydrogens is 258 g/mol. The van der Waals surface area contributed by atoms with Gasteiger partial charge in [-0.1, -0.05) is 11.6 Å². The summed E-state index contributed by atoms with van der Waals surface area (Å²) in [5, 5.41) is 10.9. The zero-order valence-electron chi connectivity index (χ0n) is 10.4. The average Bonchev–Trinajstić information content (AvgIpc) is 2.29. The van der Waals surface area contributed by atoms with Crippen molar-refractivity contribution in [3.05, 3.63) is 38.5 Å². The molecule has 0 fully saturated rings. The molecule has 1 rings (SSSR count). The maximum Gasteiger partial charge on any atom is 0.243 e. The molecule has 0 heterocycles. The molecule has 0 spiro atoms. The molecule has 0 radical (unpaired) electrons. The minimum atomic E-state index is -0.460. The highest BCUT2D eigenvalue weighted by molar-refractivity contribution is 6.32. The van der Waals surface area contributed by atoms with Crippen LogP contribution in [0.4, 0.5) is 0 Å². The van der Waals surface area contributed by atoms with E-state index in [0.29, 0.717) is 28.7 Å². The Morgan fingerprint density at radius 2 is 2.22 bits per heavy atom. The van der Waals surface area contributed by atoms with Gasteiger partial charge in [0.2, 0.25) is 5.70 Å². The normalized spacial score (nSPS) is 11.2. The Labute approximate surface area is 110 Å². The van der Waals surface area contributed by atoms with Crippen LogP contribution in [-0.2, 0) is 0 Å². The van der Waals surface area contributed by atoms with E-state index in [4.69, 9.17) is 21.1 Å². The second-order valence-electron chi connectivity index (χ2n) is 3.51. The lowest BCUT2D eigenvalue weighted by molar-refractivity contribution is -0.422. The number of hydrogen-bond donors (Lipinski definition) is 0. The molecule has 0 unspecified atom stereocenters. The van der Waals surface area contributed by atoms with Crippen LogP contribution in [0.1, 0.15) is 19.4 Å². The fourth-order valence-electron chi connectivity index (χ4n) is 1.43. The molecule has 1 aromatic rings. The highest BCUT2D eigenvalue weighted by Gasteiger charge is 2.12. The molecule has 0 atom stereocenters. The molecule has 0 N–H and O–H groups in total. The van der Waals surface area contributed by atoms with Gasteiger partial charge in [0.15, 0.2) is 11.5 Å². The van der Waals surface area contributed by atoms with Crippen molar-refractivity contribution in [2.24, 2.45) is 0 Å². The lowest BCUT2D eigenvalue weighted by Crippen LogP contribution is -1.97. The topological polar surface area (TPSA) is 61.6 Å². The number of ether oxygens (including phenoxy) is 2. The lowest BCUT2D eigenvalue weighted by atomic mass is 10.1. The SMILES string of the molecule is CCOc1cc(C=C(C)[N+](=O)[O-])cc(Cl)c1OC. The summed E-state index contributed by atoms with van der Waals surface area (Å²) in [7, 11) is 1.49. The first-order valence-electron chi connectivity index (χ1n) is 5.32. The van der Waals surface area contributed by atoms with Crippen LogP contribution in [0.25, 0.3) is 6.08 Å². The van der Waals surface area contributed by atoms with Crippen molar-refractivity contribution >= 4 is 17.7 Å². The summed E-state index contributed by atoms with van der Waals surface area (Å²) < 4.78 is 10.5. The maximum atomic E-state index is 10.6. The van der Waals surface area contributed by atoms with E-state index in [-0.39, 0.29) is 5.70 Å². The summed E-state index contributed by atoms with van der Waals surface area (Å²) in [6, 6.07) is 3.25. The first-order valence-corrected chi connectivity index (χ1v) is 5.70. The van der Waals surface area contributed by atoms with Gasteiger partial charge in [-0.2, -0.15) is 0 Å². The number of allylic oxidation sites excluding steroid dienone is 1.